The van der Waals surface area contributed by atoms with E-state index in [4.69, 9.17) is 4.74 Å². The Bertz CT molecular complexity index is 1630. The van der Waals surface area contributed by atoms with Gasteiger partial charge in [0.15, 0.2) is 0 Å². The van der Waals surface area contributed by atoms with Crippen LogP contribution >= 0.6 is 0 Å². The predicted octanol–water partition coefficient (Wildman–Crippen LogP) is 4.31. The number of nitrogens with one attached hydrogen (secondary N) is 1. The zero-order chi connectivity index (χ0) is 28.8. The van der Waals surface area contributed by atoms with Crippen LogP contribution in [0.2, 0.25) is 0 Å². The predicted molar refractivity (Wildman–Crippen MR) is 157 cm³/mol. The average molecular weight is 550 g/mol. The van der Waals surface area contributed by atoms with Gasteiger partial charge < -0.3 is 19.9 Å². The number of hydrogen-bond acceptors (Lipinski definition) is 7. The second-order valence-electron chi connectivity index (χ2n) is 9.73. The number of anilines is 2. The highest BCUT2D eigenvalue weighted by Crippen LogP contribution is 2.29. The monoisotopic (exact) mass is 549 g/mol. The van der Waals surface area contributed by atoms with Crippen LogP contribution in [0.15, 0.2) is 97.3 Å². The van der Waals surface area contributed by atoms with Crippen molar-refractivity contribution in [3.63, 3.8) is 0 Å². The molecule has 5 aromatic rings. The molecule has 0 spiro atoms. The maximum Gasteiger partial charge on any atom is 0.251 e. The first-order chi connectivity index (χ1) is 19.9. The van der Waals surface area contributed by atoms with Crippen molar-refractivity contribution >= 4 is 34.2 Å². The van der Waals surface area contributed by atoms with E-state index in [1.54, 1.807) is 53.4 Å². The van der Waals surface area contributed by atoms with Crippen LogP contribution in [0.3, 0.4) is 0 Å². The van der Waals surface area contributed by atoms with Crippen molar-refractivity contribution in [1.29, 1.82) is 0 Å². The smallest absolute Gasteiger partial charge is 0.251 e. The molecule has 2 aromatic heterocycles. The minimum atomic E-state index is -0.985. The number of carbonyl (C=O) groups is 2. The highest BCUT2D eigenvalue weighted by atomic mass is 16.5. The van der Waals surface area contributed by atoms with E-state index < -0.39 is 6.04 Å². The number of para-hydroxylation sites is 1. The van der Waals surface area contributed by atoms with Gasteiger partial charge in [-0.25, -0.2) is 4.68 Å². The van der Waals surface area contributed by atoms with E-state index in [-0.39, 0.29) is 24.9 Å². The first-order valence-corrected chi connectivity index (χ1v) is 13.1. The fourth-order valence-electron chi connectivity index (χ4n) is 4.60. The summed E-state index contributed by atoms with van der Waals surface area (Å²) in [5.74, 6) is -0.0985. The molecule has 0 radical (unpaired) electrons. The van der Waals surface area contributed by atoms with E-state index >= 15 is 0 Å². The first-order valence-electron chi connectivity index (χ1n) is 13.1. The number of ether oxygens (including phenoxy) is 1. The van der Waals surface area contributed by atoms with Gasteiger partial charge in [0.2, 0.25) is 5.91 Å². The zero-order valence-electron chi connectivity index (χ0n) is 23.1. The lowest BCUT2D eigenvalue weighted by molar-refractivity contribution is -0.140. The van der Waals surface area contributed by atoms with Crippen LogP contribution < -0.4 is 15.0 Å². The highest BCUT2D eigenvalue weighted by molar-refractivity contribution is 5.98. The molecule has 208 valence electrons. The third kappa shape index (κ3) is 6.33. The Morgan fingerprint density at radius 2 is 1.78 bits per heavy atom. The fraction of sp³-hybridized carbons (Fsp3) is 0.194. The van der Waals surface area contributed by atoms with E-state index in [0.717, 1.165) is 16.8 Å². The van der Waals surface area contributed by atoms with Gasteiger partial charge in [0.05, 0.1) is 12.6 Å². The van der Waals surface area contributed by atoms with Crippen LogP contribution in [0.1, 0.15) is 17.2 Å². The molecule has 2 amide bonds. The molecule has 1 unspecified atom stereocenters. The topological polar surface area (TPSA) is 105 Å². The van der Waals surface area contributed by atoms with Crippen molar-refractivity contribution < 1.29 is 14.3 Å². The lowest BCUT2D eigenvalue weighted by Crippen LogP contribution is -2.42. The first kappa shape index (κ1) is 27.3. The molecule has 0 aliphatic carbocycles. The Balaban J connectivity index is 1.54. The Labute approximate surface area is 238 Å². The van der Waals surface area contributed by atoms with Gasteiger partial charge in [-0.2, -0.15) is 0 Å². The van der Waals surface area contributed by atoms with Crippen LogP contribution in [0, 0.1) is 0 Å². The third-order valence-corrected chi connectivity index (χ3v) is 6.72. The van der Waals surface area contributed by atoms with Crippen LogP contribution in [0.25, 0.3) is 11.0 Å². The maximum absolute atomic E-state index is 14.1. The van der Waals surface area contributed by atoms with Gasteiger partial charge in [-0.1, -0.05) is 35.5 Å². The molecule has 10 heteroatoms. The van der Waals surface area contributed by atoms with Gasteiger partial charge in [-0.05, 0) is 65.7 Å². The van der Waals surface area contributed by atoms with E-state index in [9.17, 15) is 9.59 Å². The van der Waals surface area contributed by atoms with Crippen molar-refractivity contribution in [2.75, 3.05) is 31.4 Å². The number of carbonyl (C=O) groups excluding carboxylic acids is 2. The van der Waals surface area contributed by atoms with Crippen molar-refractivity contribution in [3.8, 4) is 5.75 Å². The van der Waals surface area contributed by atoms with Gasteiger partial charge in [-0.15, -0.1) is 5.10 Å². The lowest BCUT2D eigenvalue weighted by Gasteiger charge is -2.31. The molecule has 0 saturated heterocycles. The minimum Gasteiger partial charge on any atom is -0.497 e. The Morgan fingerprint density at radius 1 is 0.976 bits per heavy atom. The second-order valence-corrected chi connectivity index (χ2v) is 9.73. The second kappa shape index (κ2) is 12.3. The maximum atomic E-state index is 14.1. The minimum absolute atomic E-state index is 0.105. The van der Waals surface area contributed by atoms with Gasteiger partial charge in [0, 0.05) is 44.4 Å². The Hall–Kier alpha value is -5.25. The normalized spacial score (nSPS) is 11.6. The quantitative estimate of drug-likeness (QED) is 0.277. The number of methoxy groups -OCH3 is 1. The lowest BCUT2D eigenvalue weighted by atomic mass is 10.0. The summed E-state index contributed by atoms with van der Waals surface area (Å²) >= 11 is 0. The molecule has 10 nitrogen and oxygen atoms in total. The van der Waals surface area contributed by atoms with Crippen molar-refractivity contribution in [3.05, 3.63) is 108 Å². The molecule has 5 rings (SSSR count). The van der Waals surface area contributed by atoms with E-state index in [1.807, 2.05) is 79.7 Å². The molecular formula is C31H31N7O3. The Morgan fingerprint density at radius 3 is 2.51 bits per heavy atom. The summed E-state index contributed by atoms with van der Waals surface area (Å²) in [6, 6.07) is 24.8. The molecule has 0 saturated carbocycles. The third-order valence-electron chi connectivity index (χ3n) is 6.72. The molecule has 1 atom stereocenters. The van der Waals surface area contributed by atoms with Gasteiger partial charge in [0.25, 0.3) is 5.91 Å². The summed E-state index contributed by atoms with van der Waals surface area (Å²) in [7, 11) is 5.47. The summed E-state index contributed by atoms with van der Waals surface area (Å²) in [5, 5.41) is 11.4. The molecule has 1 N–H and O–H groups in total. The van der Waals surface area contributed by atoms with Gasteiger partial charge in [0.1, 0.15) is 23.9 Å². The van der Waals surface area contributed by atoms with Crippen molar-refractivity contribution in [1.82, 2.24) is 24.9 Å². The number of amides is 2. The zero-order valence-corrected chi connectivity index (χ0v) is 23.1. The standard InChI is InChI=1S/C31H31N7O3/c1-36(2)25-15-13-24(14-16-25)33-31(40)30(23-9-6-10-26(18-23)41-3)37(20-22-8-7-17-32-19-22)29(39)21-38-28-12-5-4-11-27(28)34-35-38/h4-19,30H,20-21H2,1-3H3,(H,33,40). The number of pyridine rings is 1. The molecular weight excluding hydrogens is 518 g/mol. The molecule has 0 aliphatic heterocycles. The molecule has 0 aliphatic rings. The number of benzene rings is 3. The largest absolute Gasteiger partial charge is 0.497 e. The van der Waals surface area contributed by atoms with Crippen molar-refractivity contribution in [2.45, 2.75) is 19.1 Å². The van der Waals surface area contributed by atoms with E-state index in [0.29, 0.717) is 22.5 Å². The van der Waals surface area contributed by atoms with Crippen LogP contribution in [0.4, 0.5) is 11.4 Å². The molecule has 3 aromatic carbocycles. The Kier molecular flexibility index (Phi) is 8.19. The van der Waals surface area contributed by atoms with E-state index in [1.165, 1.54) is 0 Å². The van der Waals surface area contributed by atoms with Crippen molar-refractivity contribution in [2.24, 2.45) is 0 Å². The number of nitrogens with zero attached hydrogens (tertiary/aromatic N) is 6. The summed E-state index contributed by atoms with van der Waals surface area (Å²) in [6.45, 7) is 0.0419. The molecule has 0 fully saturated rings. The summed E-state index contributed by atoms with van der Waals surface area (Å²) in [4.78, 5) is 35.9. The van der Waals surface area contributed by atoms with Crippen LogP contribution in [0.5, 0.6) is 5.75 Å². The van der Waals surface area contributed by atoms with E-state index in [2.05, 4.69) is 20.6 Å². The van der Waals surface area contributed by atoms with Crippen LogP contribution in [-0.2, 0) is 22.7 Å². The highest BCUT2D eigenvalue weighted by Gasteiger charge is 2.32. The average Bonchev–Trinajstić information content (AvgIpc) is 3.40. The van der Waals surface area contributed by atoms with Crippen LogP contribution in [-0.4, -0.2) is 57.9 Å². The summed E-state index contributed by atoms with van der Waals surface area (Å²) in [5.41, 5.74) is 4.41. The van der Waals surface area contributed by atoms with Gasteiger partial charge >= 0.3 is 0 Å². The number of hydrogen-bond donors (Lipinski definition) is 1. The summed E-state index contributed by atoms with van der Waals surface area (Å²) in [6.07, 6.45) is 3.35. The number of aromatic nitrogens is 4. The number of fused-ring (bicyclic) bond motifs is 1. The molecule has 0 bridgehead atoms. The molecule has 41 heavy (non-hydrogen) atoms. The molecule has 2 heterocycles. The summed E-state index contributed by atoms with van der Waals surface area (Å²) < 4.78 is 7.01. The SMILES string of the molecule is COc1cccc(C(C(=O)Nc2ccc(N(C)C)cc2)N(Cc2cccnc2)C(=O)Cn2nnc3ccccc32)c1. The number of rotatable bonds is 10. The fourth-order valence-corrected chi connectivity index (χ4v) is 4.60. The van der Waals surface area contributed by atoms with Gasteiger partial charge in [-0.3, -0.25) is 14.6 Å².